The molecule has 0 fully saturated rings. The van der Waals surface area contributed by atoms with Crippen LogP contribution in [0.4, 0.5) is 0 Å². The molecule has 2 N–H and O–H groups in total. The summed E-state index contributed by atoms with van der Waals surface area (Å²) in [6.45, 7) is 3.65. The van der Waals surface area contributed by atoms with Crippen molar-refractivity contribution in [2.75, 3.05) is 6.54 Å². The molecule has 0 aliphatic carbocycles. The van der Waals surface area contributed by atoms with Crippen LogP contribution in [-0.2, 0) is 23.1 Å². The quantitative estimate of drug-likeness (QED) is 0.776. The maximum atomic E-state index is 12.2. The standard InChI is InChI=1S/C12H15BrN2O3S2/c1-2-14-8-10-6-11(12(13)19-10)20(16,17)15-7-9-4-3-5-18-9/h3-6,14-15H,2,7-8H2,1H3. The van der Waals surface area contributed by atoms with E-state index in [4.69, 9.17) is 4.42 Å². The molecule has 0 saturated heterocycles. The van der Waals surface area contributed by atoms with Crippen molar-refractivity contribution in [1.82, 2.24) is 10.0 Å². The maximum absolute atomic E-state index is 12.2. The van der Waals surface area contributed by atoms with E-state index >= 15 is 0 Å². The molecule has 0 bridgehead atoms. The van der Waals surface area contributed by atoms with Gasteiger partial charge in [0.05, 0.1) is 16.6 Å². The van der Waals surface area contributed by atoms with Gasteiger partial charge in [0.2, 0.25) is 10.0 Å². The number of hydrogen-bond donors (Lipinski definition) is 2. The fraction of sp³-hybridized carbons (Fsp3) is 0.333. The Hall–Kier alpha value is -0.670. The van der Waals surface area contributed by atoms with Crippen molar-refractivity contribution < 1.29 is 12.8 Å². The number of thiophene rings is 1. The van der Waals surface area contributed by atoms with Gasteiger partial charge < -0.3 is 9.73 Å². The van der Waals surface area contributed by atoms with Crippen LogP contribution in [0.5, 0.6) is 0 Å². The minimum Gasteiger partial charge on any atom is -0.468 e. The Bertz CT molecular complexity index is 650. The summed E-state index contributed by atoms with van der Waals surface area (Å²) in [4.78, 5) is 1.24. The minimum atomic E-state index is -3.55. The lowest BCUT2D eigenvalue weighted by molar-refractivity contribution is 0.498. The van der Waals surface area contributed by atoms with Crippen molar-refractivity contribution in [2.24, 2.45) is 0 Å². The van der Waals surface area contributed by atoms with Gasteiger partial charge >= 0.3 is 0 Å². The zero-order valence-electron chi connectivity index (χ0n) is 10.8. The highest BCUT2D eigenvalue weighted by Crippen LogP contribution is 2.31. The van der Waals surface area contributed by atoms with Crippen LogP contribution in [0.15, 0.2) is 37.6 Å². The van der Waals surface area contributed by atoms with Crippen LogP contribution in [0.2, 0.25) is 0 Å². The zero-order chi connectivity index (χ0) is 14.6. The molecule has 2 heterocycles. The minimum absolute atomic E-state index is 0.139. The van der Waals surface area contributed by atoms with Gasteiger partial charge in [-0.15, -0.1) is 11.3 Å². The van der Waals surface area contributed by atoms with E-state index in [1.165, 1.54) is 17.6 Å². The number of sulfonamides is 1. The van der Waals surface area contributed by atoms with E-state index in [9.17, 15) is 8.42 Å². The van der Waals surface area contributed by atoms with E-state index in [-0.39, 0.29) is 11.4 Å². The first-order chi connectivity index (χ1) is 9.53. The Morgan fingerprint density at radius 3 is 2.85 bits per heavy atom. The molecule has 0 aromatic carbocycles. The zero-order valence-corrected chi connectivity index (χ0v) is 14.1. The third-order valence-electron chi connectivity index (χ3n) is 2.56. The third kappa shape index (κ3) is 3.92. The van der Waals surface area contributed by atoms with Crippen molar-refractivity contribution in [1.29, 1.82) is 0 Å². The molecule has 5 nitrogen and oxygen atoms in total. The molecule has 8 heteroatoms. The van der Waals surface area contributed by atoms with Gasteiger partial charge in [-0.3, -0.25) is 0 Å². The Kier molecular flexibility index (Phi) is 5.39. The molecule has 2 aromatic rings. The van der Waals surface area contributed by atoms with Gasteiger partial charge in [-0.2, -0.15) is 0 Å². The third-order valence-corrected chi connectivity index (χ3v) is 6.22. The summed E-state index contributed by atoms with van der Waals surface area (Å²) in [7, 11) is -3.55. The van der Waals surface area contributed by atoms with E-state index in [1.54, 1.807) is 18.2 Å². The Morgan fingerprint density at radius 2 is 2.20 bits per heavy atom. The average molecular weight is 379 g/mol. The summed E-state index contributed by atoms with van der Waals surface area (Å²) in [5, 5.41) is 3.17. The lowest BCUT2D eigenvalue weighted by atomic mass is 10.4. The van der Waals surface area contributed by atoms with Gasteiger partial charge in [0.25, 0.3) is 0 Å². The normalized spacial score (nSPS) is 11.9. The molecule has 20 heavy (non-hydrogen) atoms. The summed E-state index contributed by atoms with van der Waals surface area (Å²) in [5.74, 6) is 0.577. The van der Waals surface area contributed by atoms with Crippen LogP contribution < -0.4 is 10.0 Å². The monoisotopic (exact) mass is 378 g/mol. The molecule has 0 saturated carbocycles. The van der Waals surface area contributed by atoms with E-state index in [0.29, 0.717) is 16.1 Å². The Morgan fingerprint density at radius 1 is 1.40 bits per heavy atom. The van der Waals surface area contributed by atoms with Crippen LogP contribution >= 0.6 is 27.3 Å². The molecule has 0 unspecified atom stereocenters. The van der Waals surface area contributed by atoms with Crippen molar-refractivity contribution >= 4 is 37.3 Å². The fourth-order valence-electron chi connectivity index (χ4n) is 1.57. The number of furan rings is 1. The van der Waals surface area contributed by atoms with Crippen molar-refractivity contribution in [3.63, 3.8) is 0 Å². The molecular formula is C12H15BrN2O3S2. The second-order valence-corrected chi connectivity index (χ2v) is 8.22. The van der Waals surface area contributed by atoms with Gasteiger partial charge in [-0.1, -0.05) is 6.92 Å². The van der Waals surface area contributed by atoms with Crippen LogP contribution in [-0.4, -0.2) is 15.0 Å². The second-order valence-electron chi connectivity index (χ2n) is 4.03. The van der Waals surface area contributed by atoms with Gasteiger partial charge in [-0.05, 0) is 40.7 Å². The van der Waals surface area contributed by atoms with Gasteiger partial charge in [0.1, 0.15) is 10.7 Å². The largest absolute Gasteiger partial charge is 0.468 e. The van der Waals surface area contributed by atoms with E-state index in [1.807, 2.05) is 6.92 Å². The molecule has 0 radical (unpaired) electrons. The predicted molar refractivity (Wildman–Crippen MR) is 82.1 cm³/mol. The first-order valence-corrected chi connectivity index (χ1v) is 9.13. The predicted octanol–water partition coefficient (Wildman–Crippen LogP) is 2.69. The summed E-state index contributed by atoms with van der Waals surface area (Å²) < 4.78 is 32.7. The number of hydrogen-bond acceptors (Lipinski definition) is 5. The van der Waals surface area contributed by atoms with Gasteiger partial charge in [-0.25, -0.2) is 13.1 Å². The molecule has 0 amide bonds. The summed E-state index contributed by atoms with van der Waals surface area (Å²) in [6, 6.07) is 5.13. The Labute approximate surface area is 130 Å². The SMILES string of the molecule is CCNCc1cc(S(=O)(=O)NCc2ccco2)c(Br)s1. The van der Waals surface area contributed by atoms with Crippen LogP contribution in [0.1, 0.15) is 17.6 Å². The molecule has 2 rings (SSSR count). The molecular weight excluding hydrogens is 364 g/mol. The molecule has 110 valence electrons. The Balaban J connectivity index is 2.10. The fourth-order valence-corrected chi connectivity index (χ4v) is 5.22. The number of rotatable bonds is 7. The van der Waals surface area contributed by atoms with E-state index < -0.39 is 10.0 Å². The van der Waals surface area contributed by atoms with Crippen LogP contribution in [0.3, 0.4) is 0 Å². The summed E-state index contributed by atoms with van der Waals surface area (Å²) in [6.07, 6.45) is 1.51. The van der Waals surface area contributed by atoms with Gasteiger partial charge in [0.15, 0.2) is 0 Å². The maximum Gasteiger partial charge on any atom is 0.242 e. The molecule has 0 aliphatic heterocycles. The second kappa shape index (κ2) is 6.86. The van der Waals surface area contributed by atoms with Crippen LogP contribution in [0.25, 0.3) is 0 Å². The number of nitrogens with one attached hydrogen (secondary N) is 2. The first kappa shape index (κ1) is 15.7. The molecule has 0 spiro atoms. The first-order valence-electron chi connectivity index (χ1n) is 6.04. The number of halogens is 1. The van der Waals surface area contributed by atoms with Crippen molar-refractivity contribution in [2.45, 2.75) is 24.9 Å². The summed E-state index contributed by atoms with van der Waals surface area (Å²) >= 11 is 4.73. The highest BCUT2D eigenvalue weighted by Gasteiger charge is 2.20. The van der Waals surface area contributed by atoms with E-state index in [2.05, 4.69) is 26.0 Å². The van der Waals surface area contributed by atoms with Crippen LogP contribution in [0, 0.1) is 0 Å². The van der Waals surface area contributed by atoms with E-state index in [0.717, 1.165) is 11.4 Å². The highest BCUT2D eigenvalue weighted by molar-refractivity contribution is 9.11. The molecule has 2 aromatic heterocycles. The average Bonchev–Trinajstić information content (AvgIpc) is 3.03. The highest BCUT2D eigenvalue weighted by atomic mass is 79.9. The van der Waals surface area contributed by atoms with Crippen molar-refractivity contribution in [3.05, 3.63) is 38.9 Å². The lowest BCUT2D eigenvalue weighted by Crippen LogP contribution is -2.22. The smallest absolute Gasteiger partial charge is 0.242 e. The molecule has 0 atom stereocenters. The topological polar surface area (TPSA) is 71.3 Å². The van der Waals surface area contributed by atoms with Gasteiger partial charge in [0, 0.05) is 11.4 Å². The molecule has 0 aliphatic rings. The summed E-state index contributed by atoms with van der Waals surface area (Å²) in [5.41, 5.74) is 0. The van der Waals surface area contributed by atoms with Crippen molar-refractivity contribution in [3.8, 4) is 0 Å². The lowest BCUT2D eigenvalue weighted by Gasteiger charge is -2.03.